The molecule has 0 unspecified atom stereocenters. The van der Waals surface area contributed by atoms with Gasteiger partial charge in [0.25, 0.3) is 0 Å². The van der Waals surface area contributed by atoms with E-state index in [1.54, 1.807) is 0 Å². The molecule has 0 fully saturated rings. The number of rotatable bonds is 2. The first-order chi connectivity index (χ1) is 17.5. The SMILES string of the molecule is CC(=O)/C=C(/C)O.[Ir].[c-]1ccc2c(c1-c1ccc3ccccc3n1)c1cccc3c4ccccc4n2c31. The summed E-state index contributed by atoms with van der Waals surface area (Å²) in [5, 5.41) is 14.6. The second-order valence-corrected chi connectivity index (χ2v) is 8.95. The van der Waals surface area contributed by atoms with Gasteiger partial charge in [0.05, 0.1) is 22.3 Å². The van der Waals surface area contributed by atoms with Gasteiger partial charge in [-0.25, -0.2) is 0 Å². The number of aliphatic hydroxyl groups is 1. The number of ketones is 1. The fourth-order valence-electron chi connectivity index (χ4n) is 5.12. The molecule has 0 aliphatic heterocycles. The first kappa shape index (κ1) is 24.6. The van der Waals surface area contributed by atoms with E-state index in [2.05, 4.69) is 89.3 Å². The molecule has 7 aromatic rings. The first-order valence-corrected chi connectivity index (χ1v) is 11.8. The predicted molar refractivity (Wildman–Crippen MR) is 148 cm³/mol. The maximum absolute atomic E-state index is 10.0. The second kappa shape index (κ2) is 9.78. The van der Waals surface area contributed by atoms with Gasteiger partial charge in [-0.05, 0) is 48.0 Å². The van der Waals surface area contributed by atoms with E-state index in [1.807, 2.05) is 12.1 Å². The van der Waals surface area contributed by atoms with Crippen molar-refractivity contribution in [3.05, 3.63) is 109 Å². The Morgan fingerprint density at radius 2 is 1.57 bits per heavy atom. The number of fused-ring (bicyclic) bond motifs is 7. The molecular formula is C32H23IrN2O2-. The van der Waals surface area contributed by atoms with E-state index in [4.69, 9.17) is 10.1 Å². The molecule has 0 saturated heterocycles. The van der Waals surface area contributed by atoms with E-state index in [0.29, 0.717) is 0 Å². The second-order valence-electron chi connectivity index (χ2n) is 8.95. The molecule has 0 aliphatic rings. The van der Waals surface area contributed by atoms with E-state index in [0.717, 1.165) is 22.2 Å². The largest absolute Gasteiger partial charge is 0.512 e. The number of hydrogen-bond acceptors (Lipinski definition) is 3. The molecule has 5 heteroatoms. The Kier molecular flexibility index (Phi) is 6.51. The van der Waals surface area contributed by atoms with Crippen LogP contribution >= 0.6 is 0 Å². The van der Waals surface area contributed by atoms with Crippen molar-refractivity contribution >= 4 is 54.8 Å². The number of carbonyl (C=O) groups is 1. The Labute approximate surface area is 227 Å². The maximum Gasteiger partial charge on any atom is 0.155 e. The van der Waals surface area contributed by atoms with Crippen LogP contribution in [-0.4, -0.2) is 20.3 Å². The number of allylic oxidation sites excluding steroid dienone is 2. The summed E-state index contributed by atoms with van der Waals surface area (Å²) in [5.41, 5.74) is 6.78. The third-order valence-corrected chi connectivity index (χ3v) is 6.45. The van der Waals surface area contributed by atoms with Crippen LogP contribution in [0.5, 0.6) is 0 Å². The number of nitrogens with zero attached hydrogens (tertiary/aromatic N) is 2. The summed E-state index contributed by atoms with van der Waals surface area (Å²) in [7, 11) is 0. The zero-order valence-electron chi connectivity index (χ0n) is 20.3. The van der Waals surface area contributed by atoms with Crippen LogP contribution in [0.2, 0.25) is 0 Å². The number of pyridine rings is 1. The van der Waals surface area contributed by atoms with Crippen molar-refractivity contribution in [3.63, 3.8) is 0 Å². The Bertz CT molecular complexity index is 1950. The third kappa shape index (κ3) is 4.16. The van der Waals surface area contributed by atoms with Gasteiger partial charge in [0.1, 0.15) is 0 Å². The van der Waals surface area contributed by atoms with Crippen LogP contribution in [0.25, 0.3) is 60.3 Å². The van der Waals surface area contributed by atoms with Crippen molar-refractivity contribution in [2.24, 2.45) is 0 Å². The van der Waals surface area contributed by atoms with Crippen LogP contribution in [-0.2, 0) is 24.9 Å². The normalized spacial score (nSPS) is 11.7. The minimum atomic E-state index is -0.125. The number of aromatic nitrogens is 2. The molecule has 37 heavy (non-hydrogen) atoms. The molecule has 7 rings (SSSR count). The van der Waals surface area contributed by atoms with Crippen LogP contribution in [0, 0.1) is 6.07 Å². The average molecular weight is 660 g/mol. The van der Waals surface area contributed by atoms with Crippen LogP contribution in [0.1, 0.15) is 13.8 Å². The smallest absolute Gasteiger partial charge is 0.155 e. The van der Waals surface area contributed by atoms with E-state index >= 15 is 0 Å². The summed E-state index contributed by atoms with van der Waals surface area (Å²) in [5.74, 6) is -0.0625. The molecule has 183 valence electrons. The summed E-state index contributed by atoms with van der Waals surface area (Å²) in [6.07, 6.45) is 1.17. The molecule has 0 saturated carbocycles. The predicted octanol–water partition coefficient (Wildman–Crippen LogP) is 7.89. The van der Waals surface area contributed by atoms with Crippen LogP contribution < -0.4 is 0 Å². The summed E-state index contributed by atoms with van der Waals surface area (Å²) in [6, 6.07) is 35.5. The quantitative estimate of drug-likeness (QED) is 0.117. The Balaban J connectivity index is 0.000000313. The van der Waals surface area contributed by atoms with Gasteiger partial charge in [0, 0.05) is 37.0 Å². The molecule has 3 heterocycles. The Hall–Kier alpha value is -4.05. The van der Waals surface area contributed by atoms with Gasteiger partial charge in [-0.3, -0.25) is 9.78 Å². The van der Waals surface area contributed by atoms with Gasteiger partial charge < -0.3 is 9.51 Å². The molecule has 3 aromatic heterocycles. The average Bonchev–Trinajstić information content (AvgIpc) is 3.40. The van der Waals surface area contributed by atoms with Crippen LogP contribution in [0.15, 0.2) is 103 Å². The number of para-hydroxylation sites is 3. The van der Waals surface area contributed by atoms with E-state index < -0.39 is 0 Å². The minimum absolute atomic E-state index is 0. The number of aliphatic hydroxyl groups excluding tert-OH is 1. The summed E-state index contributed by atoms with van der Waals surface area (Å²) in [6.45, 7) is 2.85. The molecular weight excluding hydrogens is 637 g/mol. The summed E-state index contributed by atoms with van der Waals surface area (Å²) >= 11 is 0. The molecule has 0 aliphatic carbocycles. The van der Waals surface area contributed by atoms with Crippen molar-refractivity contribution < 1.29 is 30.0 Å². The molecule has 1 N–H and O–H groups in total. The summed E-state index contributed by atoms with van der Waals surface area (Å²) in [4.78, 5) is 15.0. The van der Waals surface area contributed by atoms with E-state index in [1.165, 1.54) is 58.0 Å². The van der Waals surface area contributed by atoms with Gasteiger partial charge in [-0.15, -0.1) is 23.8 Å². The van der Waals surface area contributed by atoms with Gasteiger partial charge >= 0.3 is 0 Å². The zero-order valence-corrected chi connectivity index (χ0v) is 22.7. The van der Waals surface area contributed by atoms with Gasteiger partial charge in [0.2, 0.25) is 0 Å². The fourth-order valence-corrected chi connectivity index (χ4v) is 5.12. The van der Waals surface area contributed by atoms with Crippen molar-refractivity contribution in [1.29, 1.82) is 0 Å². The number of carbonyl (C=O) groups excluding carboxylic acids is 1. The molecule has 4 aromatic carbocycles. The molecule has 1 radical (unpaired) electrons. The Morgan fingerprint density at radius 1 is 0.838 bits per heavy atom. The van der Waals surface area contributed by atoms with Crippen LogP contribution in [0.4, 0.5) is 0 Å². The molecule has 0 atom stereocenters. The van der Waals surface area contributed by atoms with Crippen molar-refractivity contribution in [1.82, 2.24) is 9.38 Å². The Morgan fingerprint density at radius 3 is 2.35 bits per heavy atom. The summed E-state index contributed by atoms with van der Waals surface area (Å²) < 4.78 is 2.40. The zero-order chi connectivity index (χ0) is 24.8. The van der Waals surface area contributed by atoms with Gasteiger partial charge in [-0.1, -0.05) is 72.1 Å². The van der Waals surface area contributed by atoms with Crippen LogP contribution in [0.3, 0.4) is 0 Å². The third-order valence-electron chi connectivity index (χ3n) is 6.45. The van der Waals surface area contributed by atoms with E-state index in [-0.39, 0.29) is 31.6 Å². The first-order valence-electron chi connectivity index (χ1n) is 11.8. The molecule has 0 bridgehead atoms. The van der Waals surface area contributed by atoms with Crippen molar-refractivity contribution in [2.45, 2.75) is 13.8 Å². The molecule has 4 nitrogen and oxygen atoms in total. The number of benzene rings is 4. The standard InChI is InChI=1S/C27H15N2.C5H8O2.Ir/c1-3-12-22-17(7-1)15-16-23(28-22)20-10-6-14-25-26(20)21-11-5-9-19-18-8-2-4-13-24(18)29(25)27(19)21;1-4(6)3-5(2)7;/h1-9,11-16H;3,6H,1-2H3;/q-1;;/b;4-3-;. The van der Waals surface area contributed by atoms with E-state index in [9.17, 15) is 4.79 Å². The van der Waals surface area contributed by atoms with Crippen molar-refractivity contribution in [3.8, 4) is 11.3 Å². The van der Waals surface area contributed by atoms with Gasteiger partial charge in [0.15, 0.2) is 5.78 Å². The monoisotopic (exact) mass is 660 g/mol. The minimum Gasteiger partial charge on any atom is -0.512 e. The topological polar surface area (TPSA) is 54.6 Å². The van der Waals surface area contributed by atoms with Gasteiger partial charge in [-0.2, -0.15) is 0 Å². The fraction of sp³-hybridized carbons (Fsp3) is 0.0625. The molecule has 0 spiro atoms. The molecule has 0 amide bonds. The van der Waals surface area contributed by atoms with Crippen molar-refractivity contribution in [2.75, 3.05) is 0 Å². The maximum atomic E-state index is 10.0. The number of hydrogen-bond donors (Lipinski definition) is 1.